The van der Waals surface area contributed by atoms with Gasteiger partial charge in [0, 0.05) is 25.6 Å². The van der Waals surface area contributed by atoms with Gasteiger partial charge >= 0.3 is 0 Å². The van der Waals surface area contributed by atoms with Gasteiger partial charge in [0.1, 0.15) is 0 Å². The zero-order valence-electron chi connectivity index (χ0n) is 10.4. The van der Waals surface area contributed by atoms with Crippen molar-refractivity contribution in [1.29, 1.82) is 0 Å². The molecule has 1 fully saturated rings. The van der Waals surface area contributed by atoms with Crippen molar-refractivity contribution in [2.24, 2.45) is 0 Å². The molecule has 1 aliphatic rings. The number of amides is 1. The zero-order valence-corrected chi connectivity index (χ0v) is 10.4. The summed E-state index contributed by atoms with van der Waals surface area (Å²) in [4.78, 5) is 13.7. The molecule has 0 aromatic carbocycles. The van der Waals surface area contributed by atoms with Crippen molar-refractivity contribution in [2.75, 3.05) is 19.6 Å². The highest BCUT2D eigenvalue weighted by Crippen LogP contribution is 2.12. The van der Waals surface area contributed by atoms with Crippen molar-refractivity contribution in [1.82, 2.24) is 10.2 Å². The molecule has 1 amide bonds. The second-order valence-electron chi connectivity index (χ2n) is 4.41. The molecule has 3 heteroatoms. The van der Waals surface area contributed by atoms with Crippen LogP contribution in [0.1, 0.15) is 39.0 Å². The summed E-state index contributed by atoms with van der Waals surface area (Å²) in [6.45, 7) is 8.26. The highest BCUT2D eigenvalue weighted by atomic mass is 16.2. The molecule has 16 heavy (non-hydrogen) atoms. The van der Waals surface area contributed by atoms with Gasteiger partial charge in [-0.05, 0) is 32.7 Å². The first-order valence-corrected chi connectivity index (χ1v) is 6.40. The predicted molar refractivity (Wildman–Crippen MR) is 67.3 cm³/mol. The van der Waals surface area contributed by atoms with E-state index >= 15 is 0 Å². The molecule has 3 nitrogen and oxygen atoms in total. The second kappa shape index (κ2) is 7.44. The first-order chi connectivity index (χ1) is 7.77. The fourth-order valence-electron chi connectivity index (χ4n) is 2.19. The van der Waals surface area contributed by atoms with Crippen LogP contribution >= 0.6 is 0 Å². The highest BCUT2D eigenvalue weighted by molar-refractivity contribution is 5.76. The topological polar surface area (TPSA) is 32.3 Å². The van der Waals surface area contributed by atoms with Gasteiger partial charge in [-0.2, -0.15) is 0 Å². The van der Waals surface area contributed by atoms with E-state index in [1.54, 1.807) is 6.08 Å². The van der Waals surface area contributed by atoms with Crippen LogP contribution in [0, 0.1) is 0 Å². The molecule has 0 radical (unpaired) electrons. The van der Waals surface area contributed by atoms with Crippen LogP contribution in [0.4, 0.5) is 0 Å². The lowest BCUT2D eigenvalue weighted by Gasteiger charge is -2.25. The zero-order chi connectivity index (χ0) is 11.8. The Hall–Kier alpha value is -0.830. The first-order valence-electron chi connectivity index (χ1n) is 6.40. The van der Waals surface area contributed by atoms with E-state index < -0.39 is 0 Å². The SMILES string of the molecule is C=CCN(CC)C(=O)CCC1CCCCN1. The molecule has 1 atom stereocenters. The van der Waals surface area contributed by atoms with E-state index in [4.69, 9.17) is 0 Å². The molecule has 0 aliphatic carbocycles. The minimum atomic E-state index is 0.259. The maximum atomic E-state index is 11.9. The minimum Gasteiger partial charge on any atom is -0.339 e. The van der Waals surface area contributed by atoms with Gasteiger partial charge < -0.3 is 10.2 Å². The Kier molecular flexibility index (Phi) is 6.16. The number of hydrogen-bond acceptors (Lipinski definition) is 2. The molecule has 0 spiro atoms. The van der Waals surface area contributed by atoms with Crippen LogP contribution < -0.4 is 5.32 Å². The number of likely N-dealkylation sites (N-methyl/N-ethyl adjacent to an activating group) is 1. The van der Waals surface area contributed by atoms with Crippen LogP contribution in [-0.4, -0.2) is 36.5 Å². The highest BCUT2D eigenvalue weighted by Gasteiger charge is 2.16. The summed E-state index contributed by atoms with van der Waals surface area (Å²) in [5.41, 5.74) is 0. The first kappa shape index (κ1) is 13.2. The van der Waals surface area contributed by atoms with Crippen LogP contribution in [-0.2, 0) is 4.79 Å². The number of hydrogen-bond donors (Lipinski definition) is 1. The minimum absolute atomic E-state index is 0.259. The summed E-state index contributed by atoms with van der Waals surface area (Å²) in [6, 6.07) is 0.556. The van der Waals surface area contributed by atoms with Gasteiger partial charge in [-0.15, -0.1) is 6.58 Å². The summed E-state index contributed by atoms with van der Waals surface area (Å²) in [7, 11) is 0. The third-order valence-corrected chi connectivity index (χ3v) is 3.20. The van der Waals surface area contributed by atoms with Gasteiger partial charge in [0.05, 0.1) is 0 Å². The van der Waals surface area contributed by atoms with Gasteiger partial charge in [-0.1, -0.05) is 12.5 Å². The number of piperidine rings is 1. The third kappa shape index (κ3) is 4.35. The molecule has 1 heterocycles. The lowest BCUT2D eigenvalue weighted by Crippen LogP contribution is -2.36. The van der Waals surface area contributed by atoms with Crippen LogP contribution in [0.15, 0.2) is 12.7 Å². The second-order valence-corrected chi connectivity index (χ2v) is 4.41. The van der Waals surface area contributed by atoms with Crippen LogP contribution in [0.3, 0.4) is 0 Å². The molecule has 92 valence electrons. The van der Waals surface area contributed by atoms with E-state index in [0.29, 0.717) is 19.0 Å². The van der Waals surface area contributed by atoms with Crippen LogP contribution in [0.2, 0.25) is 0 Å². The van der Waals surface area contributed by atoms with Crippen molar-refractivity contribution < 1.29 is 4.79 Å². The van der Waals surface area contributed by atoms with E-state index in [-0.39, 0.29) is 5.91 Å². The van der Waals surface area contributed by atoms with Crippen molar-refractivity contribution in [2.45, 2.75) is 45.1 Å². The molecular formula is C13H24N2O. The Labute approximate surface area is 98.9 Å². The Bertz CT molecular complexity index is 222. The molecule has 1 unspecified atom stereocenters. The van der Waals surface area contributed by atoms with Gasteiger partial charge in [0.25, 0.3) is 0 Å². The molecule has 0 aromatic heterocycles. The number of nitrogens with zero attached hydrogens (tertiary/aromatic N) is 1. The number of carbonyl (C=O) groups excluding carboxylic acids is 1. The summed E-state index contributed by atoms with van der Waals surface area (Å²) in [5.74, 6) is 0.259. The maximum absolute atomic E-state index is 11.9. The van der Waals surface area contributed by atoms with Crippen LogP contribution in [0.25, 0.3) is 0 Å². The fraction of sp³-hybridized carbons (Fsp3) is 0.769. The predicted octanol–water partition coefficient (Wildman–Crippen LogP) is 1.94. The Morgan fingerprint density at radius 3 is 2.94 bits per heavy atom. The Balaban J connectivity index is 2.24. The summed E-state index contributed by atoms with van der Waals surface area (Å²) in [6.07, 6.45) is 7.24. The maximum Gasteiger partial charge on any atom is 0.222 e. The molecule has 0 bridgehead atoms. The summed E-state index contributed by atoms with van der Waals surface area (Å²) in [5, 5.41) is 3.47. The lowest BCUT2D eigenvalue weighted by molar-refractivity contribution is -0.130. The van der Waals surface area contributed by atoms with E-state index in [0.717, 1.165) is 19.5 Å². The molecule has 1 N–H and O–H groups in total. The molecule has 1 aliphatic heterocycles. The Morgan fingerprint density at radius 1 is 1.56 bits per heavy atom. The van der Waals surface area contributed by atoms with E-state index in [1.165, 1.54) is 19.3 Å². The fourth-order valence-corrected chi connectivity index (χ4v) is 2.19. The molecule has 1 saturated heterocycles. The van der Waals surface area contributed by atoms with Crippen LogP contribution in [0.5, 0.6) is 0 Å². The monoisotopic (exact) mass is 224 g/mol. The number of nitrogens with one attached hydrogen (secondary N) is 1. The molecule has 1 rings (SSSR count). The van der Waals surface area contributed by atoms with E-state index in [9.17, 15) is 4.79 Å². The normalized spacial score (nSPS) is 20.4. The standard InChI is InChI=1S/C13H24N2O/c1-3-11-15(4-2)13(16)9-8-12-7-5-6-10-14-12/h3,12,14H,1,4-11H2,2H3. The Morgan fingerprint density at radius 2 is 2.38 bits per heavy atom. The average molecular weight is 224 g/mol. The average Bonchev–Trinajstić information content (AvgIpc) is 2.34. The van der Waals surface area contributed by atoms with E-state index in [1.807, 2.05) is 11.8 Å². The number of rotatable bonds is 6. The largest absolute Gasteiger partial charge is 0.339 e. The molecule has 0 saturated carbocycles. The van der Waals surface area contributed by atoms with E-state index in [2.05, 4.69) is 11.9 Å². The molecular weight excluding hydrogens is 200 g/mol. The van der Waals surface area contributed by atoms with Gasteiger partial charge in [-0.25, -0.2) is 0 Å². The van der Waals surface area contributed by atoms with Crippen molar-refractivity contribution in [3.05, 3.63) is 12.7 Å². The lowest BCUT2D eigenvalue weighted by atomic mass is 10.0. The number of carbonyl (C=O) groups is 1. The smallest absolute Gasteiger partial charge is 0.222 e. The summed E-state index contributed by atoms with van der Waals surface area (Å²) >= 11 is 0. The summed E-state index contributed by atoms with van der Waals surface area (Å²) < 4.78 is 0. The van der Waals surface area contributed by atoms with Crippen molar-refractivity contribution in [3.63, 3.8) is 0 Å². The molecule has 0 aromatic rings. The van der Waals surface area contributed by atoms with Gasteiger partial charge in [0.2, 0.25) is 5.91 Å². The van der Waals surface area contributed by atoms with Crippen molar-refractivity contribution >= 4 is 5.91 Å². The van der Waals surface area contributed by atoms with Gasteiger partial charge in [-0.3, -0.25) is 4.79 Å². The van der Waals surface area contributed by atoms with Crippen molar-refractivity contribution in [3.8, 4) is 0 Å². The quantitative estimate of drug-likeness (QED) is 0.699. The third-order valence-electron chi connectivity index (χ3n) is 3.20. The van der Waals surface area contributed by atoms with Gasteiger partial charge in [0.15, 0.2) is 0 Å².